The zero-order valence-corrected chi connectivity index (χ0v) is 30.4. The van der Waals surface area contributed by atoms with Crippen LogP contribution in [0, 0.1) is 0 Å². The summed E-state index contributed by atoms with van der Waals surface area (Å²) in [4.78, 5) is 10.3. The molecule has 1 aliphatic carbocycles. The van der Waals surface area contributed by atoms with E-state index in [-0.39, 0.29) is 0 Å². The van der Waals surface area contributed by atoms with E-state index < -0.39 is 5.41 Å². The van der Waals surface area contributed by atoms with Gasteiger partial charge in [0, 0.05) is 33.4 Å². The summed E-state index contributed by atoms with van der Waals surface area (Å²) in [5.74, 6) is 2.44. The van der Waals surface area contributed by atoms with Crippen LogP contribution in [-0.2, 0) is 5.41 Å². The van der Waals surface area contributed by atoms with Gasteiger partial charge in [0.2, 0.25) is 0 Å². The third kappa shape index (κ3) is 4.84. The molecule has 3 heteroatoms. The number of hydrogen-bond acceptors (Lipinski definition) is 3. The number of hydrogen-bond donors (Lipinski definition) is 0. The monoisotopic (exact) mass is 714 g/mol. The van der Waals surface area contributed by atoms with E-state index in [4.69, 9.17) is 14.7 Å². The SMILES string of the molecule is c1ccc(-c2cc(-c3ccccc3-c3ccccc3-c3cccc4c3Oc3ccccc3C43c4ccccc4-c4ccccc43)nc(-c3ccccc3)n2)cc1. The lowest BCUT2D eigenvalue weighted by Gasteiger charge is -2.40. The summed E-state index contributed by atoms with van der Waals surface area (Å²) in [5, 5.41) is 0. The lowest BCUT2D eigenvalue weighted by Crippen LogP contribution is -2.32. The second kappa shape index (κ2) is 12.9. The number of para-hydroxylation sites is 2. The summed E-state index contributed by atoms with van der Waals surface area (Å²) in [7, 11) is 0. The van der Waals surface area contributed by atoms with Crippen LogP contribution in [0.4, 0.5) is 0 Å². The van der Waals surface area contributed by atoms with Crippen molar-refractivity contribution in [1.29, 1.82) is 0 Å². The van der Waals surface area contributed by atoms with Crippen LogP contribution in [0.5, 0.6) is 11.5 Å². The molecule has 262 valence electrons. The van der Waals surface area contributed by atoms with Gasteiger partial charge in [0.15, 0.2) is 5.82 Å². The van der Waals surface area contributed by atoms with Crippen molar-refractivity contribution in [3.63, 3.8) is 0 Å². The van der Waals surface area contributed by atoms with Crippen LogP contribution >= 0.6 is 0 Å². The van der Waals surface area contributed by atoms with Gasteiger partial charge in [0.1, 0.15) is 11.5 Å². The molecule has 11 rings (SSSR count). The molecule has 1 aromatic heterocycles. The fraction of sp³-hybridized carbons (Fsp3) is 0.0189. The van der Waals surface area contributed by atoms with Gasteiger partial charge in [-0.3, -0.25) is 0 Å². The minimum atomic E-state index is -0.539. The summed E-state index contributed by atoms with van der Waals surface area (Å²) in [6, 6.07) is 72.9. The summed E-state index contributed by atoms with van der Waals surface area (Å²) in [6.45, 7) is 0. The second-order valence-electron chi connectivity index (χ2n) is 14.4. The molecule has 9 aromatic rings. The van der Waals surface area contributed by atoms with E-state index in [1.54, 1.807) is 0 Å². The Morgan fingerprint density at radius 2 is 0.768 bits per heavy atom. The summed E-state index contributed by atoms with van der Waals surface area (Å²) in [6.07, 6.45) is 0. The molecule has 0 atom stereocenters. The topological polar surface area (TPSA) is 35.0 Å². The molecule has 0 saturated heterocycles. The van der Waals surface area contributed by atoms with Crippen LogP contribution < -0.4 is 4.74 Å². The molecule has 2 heterocycles. The Morgan fingerprint density at radius 1 is 0.321 bits per heavy atom. The Labute approximate surface area is 326 Å². The molecule has 0 radical (unpaired) electrons. The van der Waals surface area contributed by atoms with Gasteiger partial charge in [-0.25, -0.2) is 9.97 Å². The third-order valence-electron chi connectivity index (χ3n) is 11.4. The molecule has 3 nitrogen and oxygen atoms in total. The van der Waals surface area contributed by atoms with Crippen LogP contribution in [0.3, 0.4) is 0 Å². The molecule has 1 aliphatic heterocycles. The number of rotatable bonds is 5. The minimum Gasteiger partial charge on any atom is -0.456 e. The quantitative estimate of drug-likeness (QED) is 0.178. The van der Waals surface area contributed by atoms with Crippen LogP contribution in [0.1, 0.15) is 22.3 Å². The molecule has 2 aliphatic rings. The van der Waals surface area contributed by atoms with Crippen LogP contribution in [0.2, 0.25) is 0 Å². The standard InChI is InChI=1S/C53H34N2O/c1-3-18-35(19-4-1)48-34-49(55-52(54-48)36-20-5-2-6-21-36)42-27-10-9-23-38(42)37-22-7-8-24-39(37)43-28-17-32-47-51(43)56-50-33-16-15-31-46(50)53(47)44-29-13-11-25-40(44)41-26-12-14-30-45(41)53/h1-34H. The maximum absolute atomic E-state index is 7.09. The maximum atomic E-state index is 7.09. The Balaban J connectivity index is 1.14. The highest BCUT2D eigenvalue weighted by Crippen LogP contribution is 2.63. The van der Waals surface area contributed by atoms with Gasteiger partial charge < -0.3 is 4.74 Å². The molecule has 0 N–H and O–H groups in total. The number of aromatic nitrogens is 2. The highest BCUT2D eigenvalue weighted by atomic mass is 16.5. The lowest BCUT2D eigenvalue weighted by molar-refractivity contribution is 0.438. The van der Waals surface area contributed by atoms with Crippen molar-refractivity contribution in [2.75, 3.05) is 0 Å². The number of nitrogens with zero attached hydrogens (tertiary/aromatic N) is 2. The Hall–Kier alpha value is -7.36. The van der Waals surface area contributed by atoms with Crippen LogP contribution in [0.15, 0.2) is 206 Å². The predicted octanol–water partition coefficient (Wildman–Crippen LogP) is 13.3. The molecule has 8 aromatic carbocycles. The van der Waals surface area contributed by atoms with E-state index in [1.807, 2.05) is 24.3 Å². The van der Waals surface area contributed by atoms with Crippen molar-refractivity contribution < 1.29 is 4.74 Å². The molecular weight excluding hydrogens is 681 g/mol. The fourth-order valence-corrected chi connectivity index (χ4v) is 9.04. The van der Waals surface area contributed by atoms with E-state index in [1.165, 1.54) is 22.3 Å². The third-order valence-corrected chi connectivity index (χ3v) is 11.4. The van der Waals surface area contributed by atoms with Gasteiger partial charge >= 0.3 is 0 Å². The Kier molecular flexibility index (Phi) is 7.39. The van der Waals surface area contributed by atoms with Gasteiger partial charge in [-0.05, 0) is 51.1 Å². The van der Waals surface area contributed by atoms with Crippen molar-refractivity contribution in [2.24, 2.45) is 0 Å². The molecule has 0 unspecified atom stereocenters. The van der Waals surface area contributed by atoms with Crippen molar-refractivity contribution in [3.05, 3.63) is 229 Å². The zero-order valence-electron chi connectivity index (χ0n) is 30.4. The van der Waals surface area contributed by atoms with Crippen molar-refractivity contribution in [2.45, 2.75) is 5.41 Å². The van der Waals surface area contributed by atoms with E-state index in [0.29, 0.717) is 5.82 Å². The van der Waals surface area contributed by atoms with Crippen molar-refractivity contribution in [3.8, 4) is 78.8 Å². The highest BCUT2D eigenvalue weighted by molar-refractivity contribution is 5.95. The van der Waals surface area contributed by atoms with Gasteiger partial charge in [0.25, 0.3) is 0 Å². The maximum Gasteiger partial charge on any atom is 0.160 e. The first-order chi connectivity index (χ1) is 27.8. The molecule has 0 amide bonds. The highest BCUT2D eigenvalue weighted by Gasteiger charge is 2.51. The average molecular weight is 715 g/mol. The Bertz CT molecular complexity index is 2850. The fourth-order valence-electron chi connectivity index (χ4n) is 9.04. The number of benzene rings is 8. The van der Waals surface area contributed by atoms with Crippen LogP contribution in [-0.4, -0.2) is 9.97 Å². The molecule has 0 saturated carbocycles. The van der Waals surface area contributed by atoms with Crippen LogP contribution in [0.25, 0.3) is 67.3 Å². The average Bonchev–Trinajstić information content (AvgIpc) is 3.57. The van der Waals surface area contributed by atoms with Crippen molar-refractivity contribution >= 4 is 0 Å². The lowest BCUT2D eigenvalue weighted by atomic mass is 9.65. The Morgan fingerprint density at radius 3 is 1.43 bits per heavy atom. The van der Waals surface area contributed by atoms with Gasteiger partial charge in [0.05, 0.1) is 16.8 Å². The summed E-state index contributed by atoms with van der Waals surface area (Å²) < 4.78 is 7.09. The number of ether oxygens (including phenoxy) is 1. The minimum absolute atomic E-state index is 0.539. The summed E-state index contributed by atoms with van der Waals surface area (Å²) >= 11 is 0. The largest absolute Gasteiger partial charge is 0.456 e. The van der Waals surface area contributed by atoms with E-state index >= 15 is 0 Å². The normalized spacial score (nSPS) is 12.9. The van der Waals surface area contributed by atoms with E-state index in [9.17, 15) is 0 Å². The first kappa shape index (κ1) is 32.1. The molecule has 56 heavy (non-hydrogen) atoms. The predicted molar refractivity (Wildman–Crippen MR) is 227 cm³/mol. The first-order valence-electron chi connectivity index (χ1n) is 19.1. The van der Waals surface area contributed by atoms with Gasteiger partial charge in [-0.1, -0.05) is 194 Å². The van der Waals surface area contributed by atoms with E-state index in [0.717, 1.165) is 73.0 Å². The molecule has 0 bridgehead atoms. The molecule has 1 spiro atoms. The van der Waals surface area contributed by atoms with Gasteiger partial charge in [-0.2, -0.15) is 0 Å². The van der Waals surface area contributed by atoms with Crippen molar-refractivity contribution in [1.82, 2.24) is 9.97 Å². The smallest absolute Gasteiger partial charge is 0.160 e. The van der Waals surface area contributed by atoms with Gasteiger partial charge in [-0.15, -0.1) is 0 Å². The second-order valence-corrected chi connectivity index (χ2v) is 14.4. The van der Waals surface area contributed by atoms with E-state index in [2.05, 4.69) is 182 Å². The zero-order chi connectivity index (χ0) is 37.1. The first-order valence-corrected chi connectivity index (χ1v) is 19.1. The number of fused-ring (bicyclic) bond motifs is 9. The molecular formula is C53H34N2O. The molecule has 0 fully saturated rings. The summed E-state index contributed by atoms with van der Waals surface area (Å²) in [5.41, 5.74) is 16.0.